The van der Waals surface area contributed by atoms with Gasteiger partial charge in [0.15, 0.2) is 18.5 Å². The van der Waals surface area contributed by atoms with Crippen LogP contribution in [0.5, 0.6) is 5.75 Å². The molecule has 0 aliphatic heterocycles. The predicted molar refractivity (Wildman–Crippen MR) is 56.5 cm³/mol. The number of pyridine rings is 1. The number of nitrogens with zero attached hydrogens (tertiary/aromatic N) is 2. The van der Waals surface area contributed by atoms with E-state index in [1.165, 1.54) is 4.90 Å². The summed E-state index contributed by atoms with van der Waals surface area (Å²) in [6.45, 7) is 4.33. The summed E-state index contributed by atoms with van der Waals surface area (Å²) in [7, 11) is 3.28. The van der Waals surface area contributed by atoms with Crippen molar-refractivity contribution in [2.75, 3.05) is 14.1 Å². The molecule has 80 valence electrons. The Morgan fingerprint density at radius 2 is 2.40 bits per heavy atom. The van der Waals surface area contributed by atoms with Gasteiger partial charge in [-0.15, -0.1) is 0 Å². The first-order valence-corrected chi connectivity index (χ1v) is 4.62. The number of hydrogen-bond acceptors (Lipinski definition) is 2. The molecule has 0 aliphatic rings. The van der Waals surface area contributed by atoms with Crippen molar-refractivity contribution in [3.8, 4) is 5.75 Å². The van der Waals surface area contributed by atoms with Crippen molar-refractivity contribution in [3.63, 3.8) is 0 Å². The molecule has 1 heterocycles. The van der Waals surface area contributed by atoms with Crippen molar-refractivity contribution in [2.24, 2.45) is 0 Å². The lowest BCUT2D eigenvalue weighted by atomic mass is 10.4. The highest BCUT2D eigenvalue weighted by Crippen LogP contribution is 2.06. The molecule has 4 heteroatoms. The average molecular weight is 207 g/mol. The summed E-state index contributed by atoms with van der Waals surface area (Å²) >= 11 is 0. The Labute approximate surface area is 89.4 Å². The van der Waals surface area contributed by atoms with Gasteiger partial charge in [-0.3, -0.25) is 0 Å². The van der Waals surface area contributed by atoms with E-state index in [0.29, 0.717) is 12.3 Å². The van der Waals surface area contributed by atoms with Gasteiger partial charge in [-0.2, -0.15) is 4.57 Å². The third-order valence-corrected chi connectivity index (χ3v) is 1.74. The van der Waals surface area contributed by atoms with Gasteiger partial charge in [0.25, 0.3) is 0 Å². The minimum atomic E-state index is -0.383. The van der Waals surface area contributed by atoms with Crippen molar-refractivity contribution in [2.45, 2.75) is 6.54 Å². The number of carbonyl (C=O) groups is 1. The SMILES string of the molecule is C=CC[n+]1cccc(OC(=O)N(C)C)c1. The second kappa shape index (κ2) is 5.14. The lowest BCUT2D eigenvalue weighted by Gasteiger charge is -2.09. The molecule has 0 unspecified atom stereocenters. The second-order valence-corrected chi connectivity index (χ2v) is 3.29. The van der Waals surface area contributed by atoms with Crippen LogP contribution in [0.1, 0.15) is 0 Å². The van der Waals surface area contributed by atoms with Crippen LogP contribution in [0.4, 0.5) is 4.79 Å². The van der Waals surface area contributed by atoms with Gasteiger partial charge in [0.2, 0.25) is 6.20 Å². The molecule has 1 rings (SSSR count). The zero-order valence-electron chi connectivity index (χ0n) is 9.01. The molecule has 0 saturated heterocycles. The van der Waals surface area contributed by atoms with Gasteiger partial charge in [0, 0.05) is 20.2 Å². The molecule has 1 aromatic heterocycles. The van der Waals surface area contributed by atoms with E-state index in [1.54, 1.807) is 32.4 Å². The Morgan fingerprint density at radius 1 is 1.67 bits per heavy atom. The minimum Gasteiger partial charge on any atom is -0.404 e. The van der Waals surface area contributed by atoms with Gasteiger partial charge in [-0.25, -0.2) is 4.79 Å². The Kier molecular flexibility index (Phi) is 3.85. The Hall–Kier alpha value is -1.84. The highest BCUT2D eigenvalue weighted by Gasteiger charge is 2.09. The molecule has 0 radical (unpaired) electrons. The van der Waals surface area contributed by atoms with Gasteiger partial charge in [0.05, 0.1) is 0 Å². The van der Waals surface area contributed by atoms with Crippen LogP contribution in [0, 0.1) is 0 Å². The molecule has 0 aliphatic carbocycles. The molecule has 15 heavy (non-hydrogen) atoms. The zero-order valence-corrected chi connectivity index (χ0v) is 9.01. The van der Waals surface area contributed by atoms with Gasteiger partial charge in [-0.1, -0.05) is 6.58 Å². The molecule has 0 N–H and O–H groups in total. The highest BCUT2D eigenvalue weighted by atomic mass is 16.6. The molecular formula is C11H15N2O2+. The van der Waals surface area contributed by atoms with Crippen LogP contribution in [0.25, 0.3) is 0 Å². The number of aromatic nitrogens is 1. The lowest BCUT2D eigenvalue weighted by Crippen LogP contribution is -2.32. The van der Waals surface area contributed by atoms with E-state index in [2.05, 4.69) is 6.58 Å². The minimum absolute atomic E-state index is 0.383. The summed E-state index contributed by atoms with van der Waals surface area (Å²) in [6.07, 6.45) is 5.03. The zero-order chi connectivity index (χ0) is 11.3. The number of rotatable bonds is 3. The van der Waals surface area contributed by atoms with Crippen molar-refractivity contribution in [1.82, 2.24) is 4.90 Å². The summed E-state index contributed by atoms with van der Waals surface area (Å²) in [5.74, 6) is 0.526. The van der Waals surface area contributed by atoms with E-state index in [-0.39, 0.29) is 6.09 Å². The molecule has 1 amide bonds. The largest absolute Gasteiger partial charge is 0.414 e. The molecular weight excluding hydrogens is 192 g/mol. The fraction of sp³-hybridized carbons (Fsp3) is 0.273. The van der Waals surface area contributed by atoms with Crippen LogP contribution >= 0.6 is 0 Å². The smallest absolute Gasteiger partial charge is 0.404 e. The van der Waals surface area contributed by atoms with Gasteiger partial charge >= 0.3 is 6.09 Å². The van der Waals surface area contributed by atoms with E-state index in [0.717, 1.165) is 0 Å². The molecule has 0 bridgehead atoms. The maximum atomic E-state index is 11.3. The van der Waals surface area contributed by atoms with E-state index in [9.17, 15) is 4.79 Å². The number of hydrogen-bond donors (Lipinski definition) is 0. The fourth-order valence-electron chi connectivity index (χ4n) is 1.01. The molecule has 0 fully saturated rings. The van der Waals surface area contributed by atoms with Gasteiger partial charge in [0.1, 0.15) is 0 Å². The van der Waals surface area contributed by atoms with E-state index in [1.807, 2.05) is 16.8 Å². The van der Waals surface area contributed by atoms with Crippen LogP contribution in [0.15, 0.2) is 37.2 Å². The molecule has 4 nitrogen and oxygen atoms in total. The Bertz CT molecular complexity index is 361. The topological polar surface area (TPSA) is 33.4 Å². The molecule has 0 spiro atoms. The number of allylic oxidation sites excluding steroid dienone is 1. The number of carbonyl (C=O) groups excluding carboxylic acids is 1. The maximum Gasteiger partial charge on any atom is 0.414 e. The van der Waals surface area contributed by atoms with E-state index >= 15 is 0 Å². The summed E-state index contributed by atoms with van der Waals surface area (Å²) in [5.41, 5.74) is 0. The van der Waals surface area contributed by atoms with Crippen LogP contribution in [0.3, 0.4) is 0 Å². The highest BCUT2D eigenvalue weighted by molar-refractivity contribution is 5.69. The van der Waals surface area contributed by atoms with Gasteiger partial charge in [-0.05, 0) is 12.1 Å². The third-order valence-electron chi connectivity index (χ3n) is 1.74. The number of ether oxygens (including phenoxy) is 1. The van der Waals surface area contributed by atoms with Crippen molar-refractivity contribution in [1.29, 1.82) is 0 Å². The van der Waals surface area contributed by atoms with Crippen LogP contribution in [-0.2, 0) is 6.54 Å². The molecule has 0 atom stereocenters. The lowest BCUT2D eigenvalue weighted by molar-refractivity contribution is -0.687. The Balaban J connectivity index is 2.73. The fourth-order valence-corrected chi connectivity index (χ4v) is 1.01. The summed E-state index contributed by atoms with van der Waals surface area (Å²) in [6, 6.07) is 3.56. The van der Waals surface area contributed by atoms with Crippen molar-refractivity contribution >= 4 is 6.09 Å². The molecule has 1 aromatic rings. The predicted octanol–water partition coefficient (Wildman–Crippen LogP) is 1.22. The monoisotopic (exact) mass is 207 g/mol. The summed E-state index contributed by atoms with van der Waals surface area (Å²) < 4.78 is 6.97. The van der Waals surface area contributed by atoms with Crippen LogP contribution in [0.2, 0.25) is 0 Å². The third kappa shape index (κ3) is 3.42. The maximum absolute atomic E-state index is 11.3. The Morgan fingerprint density at radius 3 is 3.00 bits per heavy atom. The first-order chi connectivity index (χ1) is 7.13. The quantitative estimate of drug-likeness (QED) is 0.551. The first kappa shape index (κ1) is 11.2. The second-order valence-electron chi connectivity index (χ2n) is 3.29. The first-order valence-electron chi connectivity index (χ1n) is 4.62. The van der Waals surface area contributed by atoms with Crippen LogP contribution in [-0.4, -0.2) is 25.1 Å². The molecule has 0 saturated carbocycles. The normalized spacial score (nSPS) is 9.47. The van der Waals surface area contributed by atoms with Crippen molar-refractivity contribution < 1.29 is 14.1 Å². The van der Waals surface area contributed by atoms with Gasteiger partial charge < -0.3 is 9.64 Å². The summed E-state index contributed by atoms with van der Waals surface area (Å²) in [4.78, 5) is 12.6. The standard InChI is InChI=1S/C11H15N2O2/c1-4-7-13-8-5-6-10(9-13)15-11(14)12(2)3/h4-6,8-9H,1,7H2,2-3H3/q+1. The van der Waals surface area contributed by atoms with Crippen LogP contribution < -0.4 is 9.30 Å². The molecule has 0 aromatic carbocycles. The van der Waals surface area contributed by atoms with Crippen molar-refractivity contribution in [3.05, 3.63) is 37.2 Å². The average Bonchev–Trinajstić information content (AvgIpc) is 2.18. The summed E-state index contributed by atoms with van der Waals surface area (Å²) in [5, 5.41) is 0. The van der Waals surface area contributed by atoms with E-state index < -0.39 is 0 Å². The van der Waals surface area contributed by atoms with E-state index in [4.69, 9.17) is 4.74 Å². The number of amides is 1.